The second-order valence-electron chi connectivity index (χ2n) is 5.53. The standard InChI is InChI=1S/C14H21N5OS/c1-8(2)11(5)16-12(20)7-21-14-17-13-15-9(3)6-10(4)19(13)18-14/h6,8,11H,7H2,1-5H3,(H,16,20)/t11-/m1/s1. The predicted molar refractivity (Wildman–Crippen MR) is 83.4 cm³/mol. The van der Waals surface area contributed by atoms with E-state index in [1.165, 1.54) is 11.8 Å². The van der Waals surface area contributed by atoms with E-state index in [2.05, 4.69) is 34.2 Å². The number of fused-ring (bicyclic) bond motifs is 1. The highest BCUT2D eigenvalue weighted by atomic mass is 32.2. The maximum atomic E-state index is 11.9. The Hall–Kier alpha value is -1.63. The van der Waals surface area contributed by atoms with Crippen LogP contribution >= 0.6 is 11.8 Å². The zero-order valence-electron chi connectivity index (χ0n) is 13.0. The smallest absolute Gasteiger partial charge is 0.253 e. The summed E-state index contributed by atoms with van der Waals surface area (Å²) in [5, 5.41) is 7.90. The number of thioether (sulfide) groups is 1. The topological polar surface area (TPSA) is 72.2 Å². The Morgan fingerprint density at radius 3 is 2.71 bits per heavy atom. The van der Waals surface area contributed by atoms with Crippen LogP contribution in [0, 0.1) is 19.8 Å². The molecule has 0 saturated carbocycles. The lowest BCUT2D eigenvalue weighted by molar-refractivity contribution is -0.119. The molecule has 1 atom stereocenters. The molecule has 0 aromatic carbocycles. The van der Waals surface area contributed by atoms with Gasteiger partial charge in [0.05, 0.1) is 5.75 Å². The van der Waals surface area contributed by atoms with Crippen molar-refractivity contribution >= 4 is 23.4 Å². The normalized spacial score (nSPS) is 12.9. The molecular formula is C14H21N5OS. The minimum absolute atomic E-state index is 0.000850. The highest BCUT2D eigenvalue weighted by Gasteiger charge is 2.13. The van der Waals surface area contributed by atoms with Gasteiger partial charge in [-0.05, 0) is 32.8 Å². The summed E-state index contributed by atoms with van der Waals surface area (Å²) in [5.41, 5.74) is 1.89. The summed E-state index contributed by atoms with van der Waals surface area (Å²) >= 11 is 1.33. The quantitative estimate of drug-likeness (QED) is 0.855. The minimum atomic E-state index is 0.000850. The summed E-state index contributed by atoms with van der Waals surface area (Å²) in [7, 11) is 0. The first-order chi connectivity index (χ1) is 9.86. The average molecular weight is 307 g/mol. The Kier molecular flexibility index (Phi) is 4.82. The second kappa shape index (κ2) is 6.43. The molecule has 0 saturated heterocycles. The van der Waals surface area contributed by atoms with Crippen LogP contribution in [0.1, 0.15) is 32.2 Å². The molecule has 2 heterocycles. The second-order valence-corrected chi connectivity index (χ2v) is 6.48. The van der Waals surface area contributed by atoms with Gasteiger partial charge in [0, 0.05) is 17.4 Å². The van der Waals surface area contributed by atoms with E-state index in [4.69, 9.17) is 0 Å². The molecule has 0 aliphatic heterocycles. The van der Waals surface area contributed by atoms with Crippen LogP contribution in [0.25, 0.3) is 5.78 Å². The zero-order chi connectivity index (χ0) is 15.6. The van der Waals surface area contributed by atoms with Crippen LogP contribution in [-0.4, -0.2) is 37.3 Å². The van der Waals surface area contributed by atoms with Crippen LogP contribution in [-0.2, 0) is 4.79 Å². The molecule has 0 radical (unpaired) electrons. The van der Waals surface area contributed by atoms with Gasteiger partial charge in [-0.1, -0.05) is 25.6 Å². The van der Waals surface area contributed by atoms with Crippen LogP contribution in [0.15, 0.2) is 11.2 Å². The van der Waals surface area contributed by atoms with Crippen molar-refractivity contribution in [3.05, 3.63) is 17.5 Å². The number of hydrogen-bond acceptors (Lipinski definition) is 5. The maximum Gasteiger partial charge on any atom is 0.253 e. The van der Waals surface area contributed by atoms with E-state index < -0.39 is 0 Å². The third kappa shape index (κ3) is 3.93. The van der Waals surface area contributed by atoms with E-state index in [1.807, 2.05) is 26.8 Å². The number of aromatic nitrogens is 4. The van der Waals surface area contributed by atoms with Crippen molar-refractivity contribution in [2.24, 2.45) is 5.92 Å². The van der Waals surface area contributed by atoms with Crippen molar-refractivity contribution in [1.82, 2.24) is 24.9 Å². The van der Waals surface area contributed by atoms with E-state index >= 15 is 0 Å². The highest BCUT2D eigenvalue weighted by molar-refractivity contribution is 7.99. The molecule has 2 rings (SSSR count). The molecule has 0 spiro atoms. The van der Waals surface area contributed by atoms with Crippen LogP contribution in [0.3, 0.4) is 0 Å². The first-order valence-corrected chi connectivity index (χ1v) is 7.98. The maximum absolute atomic E-state index is 11.9. The van der Waals surface area contributed by atoms with Crippen molar-refractivity contribution in [3.8, 4) is 0 Å². The molecule has 0 aliphatic rings. The molecule has 7 heteroatoms. The fraction of sp³-hybridized carbons (Fsp3) is 0.571. The van der Waals surface area contributed by atoms with Crippen LogP contribution in [0.4, 0.5) is 0 Å². The molecule has 0 unspecified atom stereocenters. The van der Waals surface area contributed by atoms with Crippen molar-refractivity contribution in [2.75, 3.05) is 5.75 Å². The molecule has 2 aromatic rings. The molecule has 0 aliphatic carbocycles. The van der Waals surface area contributed by atoms with Crippen molar-refractivity contribution in [2.45, 2.75) is 45.8 Å². The van der Waals surface area contributed by atoms with Gasteiger partial charge in [0.1, 0.15) is 0 Å². The Morgan fingerprint density at radius 1 is 1.33 bits per heavy atom. The number of rotatable bonds is 5. The summed E-state index contributed by atoms with van der Waals surface area (Å²) < 4.78 is 1.70. The van der Waals surface area contributed by atoms with E-state index in [1.54, 1.807) is 4.52 Å². The van der Waals surface area contributed by atoms with Gasteiger partial charge in [-0.3, -0.25) is 4.79 Å². The van der Waals surface area contributed by atoms with Crippen molar-refractivity contribution < 1.29 is 4.79 Å². The van der Waals surface area contributed by atoms with Gasteiger partial charge < -0.3 is 5.32 Å². The first kappa shape index (κ1) is 15.8. The van der Waals surface area contributed by atoms with Crippen molar-refractivity contribution in [1.29, 1.82) is 0 Å². The molecule has 0 bridgehead atoms. The third-order valence-corrected chi connectivity index (χ3v) is 4.16. The molecule has 114 valence electrons. The van der Waals surface area contributed by atoms with Gasteiger partial charge in [0.25, 0.3) is 5.78 Å². The number of hydrogen-bond donors (Lipinski definition) is 1. The summed E-state index contributed by atoms with van der Waals surface area (Å²) in [4.78, 5) is 20.5. The van der Waals surface area contributed by atoms with Crippen LogP contribution < -0.4 is 5.32 Å². The molecule has 0 fully saturated rings. The molecule has 2 aromatic heterocycles. The van der Waals surface area contributed by atoms with Crippen molar-refractivity contribution in [3.63, 3.8) is 0 Å². The molecular weight excluding hydrogens is 286 g/mol. The number of carbonyl (C=O) groups excluding carboxylic acids is 1. The van der Waals surface area contributed by atoms with E-state index in [9.17, 15) is 4.79 Å². The SMILES string of the molecule is Cc1cc(C)n2nc(SCC(=O)N[C@H](C)C(C)C)nc2n1. The van der Waals surface area contributed by atoms with Gasteiger partial charge in [-0.2, -0.15) is 4.98 Å². The first-order valence-electron chi connectivity index (χ1n) is 7.00. The summed E-state index contributed by atoms with van der Waals surface area (Å²) in [5.74, 6) is 1.31. The van der Waals surface area contributed by atoms with Gasteiger partial charge >= 0.3 is 0 Å². The minimum Gasteiger partial charge on any atom is -0.353 e. The Balaban J connectivity index is 2.01. The van der Waals surface area contributed by atoms with Gasteiger partial charge in [0.15, 0.2) is 0 Å². The molecule has 1 N–H and O–H groups in total. The number of aryl methyl sites for hydroxylation is 2. The average Bonchev–Trinajstić information content (AvgIpc) is 2.79. The lowest BCUT2D eigenvalue weighted by atomic mass is 10.1. The summed E-state index contributed by atoms with van der Waals surface area (Å²) in [6.07, 6.45) is 0. The van der Waals surface area contributed by atoms with Crippen LogP contribution in [0.5, 0.6) is 0 Å². The van der Waals surface area contributed by atoms with E-state index in [0.29, 0.717) is 22.6 Å². The fourth-order valence-electron chi connectivity index (χ4n) is 1.80. The lowest BCUT2D eigenvalue weighted by Gasteiger charge is -2.16. The zero-order valence-corrected chi connectivity index (χ0v) is 13.9. The Labute approximate surface area is 128 Å². The number of nitrogens with zero attached hydrogens (tertiary/aromatic N) is 4. The number of nitrogens with one attached hydrogen (secondary N) is 1. The van der Waals surface area contributed by atoms with E-state index in [0.717, 1.165) is 11.4 Å². The van der Waals surface area contributed by atoms with E-state index in [-0.39, 0.29) is 11.9 Å². The number of amides is 1. The predicted octanol–water partition coefficient (Wildman–Crippen LogP) is 1.99. The molecule has 21 heavy (non-hydrogen) atoms. The van der Waals surface area contributed by atoms with Gasteiger partial charge in [0.2, 0.25) is 11.1 Å². The van der Waals surface area contributed by atoms with Gasteiger partial charge in [-0.25, -0.2) is 9.50 Å². The Bertz CT molecular complexity index is 652. The van der Waals surface area contributed by atoms with Crippen LogP contribution in [0.2, 0.25) is 0 Å². The monoisotopic (exact) mass is 307 g/mol. The molecule has 6 nitrogen and oxygen atoms in total. The Morgan fingerprint density at radius 2 is 2.05 bits per heavy atom. The highest BCUT2D eigenvalue weighted by Crippen LogP contribution is 2.15. The third-order valence-electron chi connectivity index (χ3n) is 3.32. The number of carbonyl (C=O) groups is 1. The van der Waals surface area contributed by atoms with Gasteiger partial charge in [-0.15, -0.1) is 5.10 Å². The lowest BCUT2D eigenvalue weighted by Crippen LogP contribution is -2.37. The molecule has 1 amide bonds. The summed E-state index contributed by atoms with van der Waals surface area (Å²) in [6.45, 7) is 10.1. The summed E-state index contributed by atoms with van der Waals surface area (Å²) in [6, 6.07) is 2.12. The fourth-order valence-corrected chi connectivity index (χ4v) is 2.43. The largest absolute Gasteiger partial charge is 0.353 e.